The van der Waals surface area contributed by atoms with Crippen molar-refractivity contribution in [3.05, 3.63) is 52.1 Å². The van der Waals surface area contributed by atoms with Crippen molar-refractivity contribution < 1.29 is 39.1 Å². The lowest BCUT2D eigenvalue weighted by Gasteiger charge is -2.13. The molecule has 150 valence electrons. The number of rotatable bonds is 8. The number of aromatic nitrogens is 1. The number of hydroxylamine groups is 1. The fraction of sp³-hybridized carbons (Fsp3) is 0.250. The zero-order valence-corrected chi connectivity index (χ0v) is 14.6. The van der Waals surface area contributed by atoms with E-state index in [1.165, 1.54) is 12.1 Å². The lowest BCUT2D eigenvalue weighted by atomic mass is 10.0. The van der Waals surface area contributed by atoms with Crippen LogP contribution in [0.25, 0.3) is 0 Å². The molecular weight excluding hydrogens is 378 g/mol. The van der Waals surface area contributed by atoms with Crippen molar-refractivity contribution in [2.75, 3.05) is 13.2 Å². The first-order chi connectivity index (χ1) is 13.3. The van der Waals surface area contributed by atoms with Gasteiger partial charge in [0.05, 0.1) is 4.92 Å². The number of hydrogen-bond acceptors (Lipinski definition) is 9. The molecule has 1 heterocycles. The molecule has 1 unspecified atom stereocenters. The maximum absolute atomic E-state index is 11.6. The van der Waals surface area contributed by atoms with Gasteiger partial charge in [-0.2, -0.15) is 5.48 Å². The number of nitrogens with one attached hydrogen (secondary N) is 1. The molecule has 2 rings (SSSR count). The van der Waals surface area contributed by atoms with Crippen LogP contribution in [-0.2, 0) is 14.4 Å². The monoisotopic (exact) mass is 395 g/mol. The van der Waals surface area contributed by atoms with Gasteiger partial charge in [-0.05, 0) is 0 Å². The van der Waals surface area contributed by atoms with Crippen LogP contribution in [0.1, 0.15) is 18.4 Å². The average Bonchev–Trinajstić information content (AvgIpc) is 2.98. The Labute approximate surface area is 157 Å². The number of nitro groups is 1. The fourth-order valence-electron chi connectivity index (χ4n) is 2.17. The van der Waals surface area contributed by atoms with Gasteiger partial charge in [0.15, 0.2) is 6.61 Å². The summed E-state index contributed by atoms with van der Waals surface area (Å²) in [5.41, 5.74) is 2.15. The summed E-state index contributed by atoms with van der Waals surface area (Å²) in [5.74, 6) is -2.52. The Morgan fingerprint density at radius 2 is 1.86 bits per heavy atom. The van der Waals surface area contributed by atoms with Gasteiger partial charge in [-0.1, -0.05) is 25.1 Å². The van der Waals surface area contributed by atoms with Gasteiger partial charge in [-0.3, -0.25) is 15.0 Å². The summed E-state index contributed by atoms with van der Waals surface area (Å²) in [6.45, 7) is 0.728. The van der Waals surface area contributed by atoms with E-state index in [4.69, 9.17) is 4.74 Å². The Bertz CT molecular complexity index is 845. The molecule has 28 heavy (non-hydrogen) atoms. The van der Waals surface area contributed by atoms with E-state index in [2.05, 4.69) is 9.68 Å². The molecule has 12 nitrogen and oxygen atoms in total. The van der Waals surface area contributed by atoms with E-state index in [1.807, 2.05) is 5.48 Å². The van der Waals surface area contributed by atoms with Gasteiger partial charge >= 0.3 is 12.1 Å². The summed E-state index contributed by atoms with van der Waals surface area (Å²) < 4.78 is 5.34. The van der Waals surface area contributed by atoms with Gasteiger partial charge in [0.1, 0.15) is 6.61 Å². The van der Waals surface area contributed by atoms with Crippen LogP contribution in [0.5, 0.6) is 11.8 Å². The third-order valence-electron chi connectivity index (χ3n) is 3.47. The molecule has 0 saturated carbocycles. The van der Waals surface area contributed by atoms with Crippen molar-refractivity contribution in [3.63, 3.8) is 0 Å². The predicted molar refractivity (Wildman–Crippen MR) is 91.3 cm³/mol. The Morgan fingerprint density at radius 1 is 1.21 bits per heavy atom. The van der Waals surface area contributed by atoms with Gasteiger partial charge in [-0.15, -0.1) is 4.73 Å². The SMILES string of the molecule is CC(COC(=O)NOCC(=O)On1c(O)ccc1O)c1ccccc1[N+](=O)[O-]. The normalized spacial score (nSPS) is 11.5. The first-order valence-electron chi connectivity index (χ1n) is 7.88. The smallest absolute Gasteiger partial charge is 0.431 e. The molecule has 12 heteroatoms. The summed E-state index contributed by atoms with van der Waals surface area (Å²) in [5, 5.41) is 29.6. The largest absolute Gasteiger partial charge is 0.492 e. The van der Waals surface area contributed by atoms with Crippen molar-refractivity contribution in [1.29, 1.82) is 0 Å². The minimum Gasteiger partial charge on any atom is -0.492 e. The number of hydrogen-bond donors (Lipinski definition) is 3. The summed E-state index contributed by atoms with van der Waals surface area (Å²) in [7, 11) is 0. The highest BCUT2D eigenvalue weighted by atomic mass is 16.7. The summed E-state index contributed by atoms with van der Waals surface area (Å²) in [4.78, 5) is 42.8. The Balaban J connectivity index is 1.74. The van der Waals surface area contributed by atoms with Crippen molar-refractivity contribution in [2.24, 2.45) is 0 Å². The standard InChI is InChI=1S/C16H17N3O9/c1-10(11-4-2-3-5-12(11)19(24)25)8-26-16(23)17-27-9-15(22)28-18-13(20)6-7-14(18)21/h2-7,10,20-21H,8-9H2,1H3,(H,17,23). The summed E-state index contributed by atoms with van der Waals surface area (Å²) in [6.07, 6.45) is -1.02. The van der Waals surface area contributed by atoms with Crippen LogP contribution in [-0.4, -0.2) is 45.1 Å². The van der Waals surface area contributed by atoms with Crippen LogP contribution in [0.15, 0.2) is 36.4 Å². The number of para-hydroxylation sites is 1. The molecule has 1 aromatic carbocycles. The van der Waals surface area contributed by atoms with E-state index in [-0.39, 0.29) is 12.3 Å². The van der Waals surface area contributed by atoms with Crippen LogP contribution in [0, 0.1) is 10.1 Å². The lowest BCUT2D eigenvalue weighted by molar-refractivity contribution is -0.385. The highest BCUT2D eigenvalue weighted by Gasteiger charge is 2.19. The molecule has 3 N–H and O–H groups in total. The van der Waals surface area contributed by atoms with Crippen molar-refractivity contribution in [2.45, 2.75) is 12.8 Å². The van der Waals surface area contributed by atoms with E-state index < -0.39 is 41.3 Å². The fourth-order valence-corrected chi connectivity index (χ4v) is 2.17. The van der Waals surface area contributed by atoms with E-state index >= 15 is 0 Å². The zero-order valence-electron chi connectivity index (χ0n) is 14.6. The molecule has 1 atom stereocenters. The number of nitrogens with zero attached hydrogens (tertiary/aromatic N) is 2. The number of benzene rings is 1. The van der Waals surface area contributed by atoms with E-state index in [0.717, 1.165) is 12.1 Å². The average molecular weight is 395 g/mol. The third kappa shape index (κ3) is 5.35. The van der Waals surface area contributed by atoms with Gasteiger partial charge in [0, 0.05) is 29.7 Å². The highest BCUT2D eigenvalue weighted by molar-refractivity contribution is 5.72. The Morgan fingerprint density at radius 3 is 2.50 bits per heavy atom. The molecule has 0 aliphatic carbocycles. The van der Waals surface area contributed by atoms with Crippen molar-refractivity contribution in [1.82, 2.24) is 10.2 Å². The molecule has 1 amide bonds. The second-order valence-electron chi connectivity index (χ2n) is 5.51. The second kappa shape index (κ2) is 9.23. The minimum absolute atomic E-state index is 0.0884. The quantitative estimate of drug-likeness (QED) is 0.440. The first-order valence-corrected chi connectivity index (χ1v) is 7.88. The van der Waals surface area contributed by atoms with E-state index in [9.17, 15) is 29.9 Å². The maximum atomic E-state index is 11.6. The minimum atomic E-state index is -1.03. The van der Waals surface area contributed by atoms with Gasteiger partial charge in [0.2, 0.25) is 11.8 Å². The molecule has 1 aromatic heterocycles. The second-order valence-corrected chi connectivity index (χ2v) is 5.51. The molecule has 0 fully saturated rings. The molecule has 0 saturated heterocycles. The van der Waals surface area contributed by atoms with Crippen LogP contribution in [0.3, 0.4) is 0 Å². The number of carbonyl (C=O) groups is 2. The van der Waals surface area contributed by atoms with Gasteiger partial charge in [0.25, 0.3) is 5.69 Å². The zero-order chi connectivity index (χ0) is 20.7. The Hall–Kier alpha value is -3.80. The van der Waals surface area contributed by atoms with Crippen LogP contribution in [0.2, 0.25) is 0 Å². The summed E-state index contributed by atoms with van der Waals surface area (Å²) in [6, 6.07) is 8.26. The van der Waals surface area contributed by atoms with Crippen molar-refractivity contribution >= 4 is 17.7 Å². The number of nitro benzene ring substituents is 1. The molecule has 0 radical (unpaired) electrons. The molecule has 0 aliphatic rings. The lowest BCUT2D eigenvalue weighted by Crippen LogP contribution is -2.31. The molecular formula is C16H17N3O9. The number of carbonyl (C=O) groups excluding carboxylic acids is 2. The first kappa shape index (κ1) is 20.5. The van der Waals surface area contributed by atoms with Crippen LogP contribution in [0.4, 0.5) is 10.5 Å². The van der Waals surface area contributed by atoms with Crippen LogP contribution < -0.4 is 10.3 Å². The van der Waals surface area contributed by atoms with E-state index in [1.54, 1.807) is 19.1 Å². The predicted octanol–water partition coefficient (Wildman–Crippen LogP) is 1.22. The Kier molecular flexibility index (Phi) is 6.76. The third-order valence-corrected chi connectivity index (χ3v) is 3.47. The highest BCUT2D eigenvalue weighted by Crippen LogP contribution is 2.26. The molecule has 0 spiro atoms. The van der Waals surface area contributed by atoms with Gasteiger partial charge in [-0.25, -0.2) is 9.59 Å². The summed E-state index contributed by atoms with van der Waals surface area (Å²) >= 11 is 0. The van der Waals surface area contributed by atoms with Crippen LogP contribution >= 0.6 is 0 Å². The van der Waals surface area contributed by atoms with E-state index in [0.29, 0.717) is 10.3 Å². The maximum Gasteiger partial charge on any atom is 0.431 e. The molecule has 0 bridgehead atoms. The molecule has 2 aromatic rings. The number of amides is 1. The number of aromatic hydroxyl groups is 2. The molecule has 0 aliphatic heterocycles. The topological polar surface area (TPSA) is 162 Å². The van der Waals surface area contributed by atoms with Crippen molar-refractivity contribution in [3.8, 4) is 11.8 Å². The number of ether oxygens (including phenoxy) is 1. The van der Waals surface area contributed by atoms with Gasteiger partial charge < -0.3 is 19.8 Å².